The van der Waals surface area contributed by atoms with Crippen LogP contribution >= 0.6 is 12.8 Å². The third kappa shape index (κ3) is 4.67. The Morgan fingerprint density at radius 1 is 0.919 bits per heavy atom. The molecule has 7 heteroatoms. The molecule has 200 valence electrons. The third-order valence-corrected chi connectivity index (χ3v) is 10.2. The van der Waals surface area contributed by atoms with E-state index in [2.05, 4.69) is 58.2 Å². The summed E-state index contributed by atoms with van der Waals surface area (Å²) in [7, 11) is 0. The van der Waals surface area contributed by atoms with Gasteiger partial charge in [-0.1, -0.05) is 43.5 Å². The van der Waals surface area contributed by atoms with Crippen molar-refractivity contribution < 1.29 is 10.2 Å². The Balaban J connectivity index is 1.06. The number of aryl methyl sites for hydroxylation is 1. The largest absolute Gasteiger partial charge is 0.494 e. The molecule has 1 saturated heterocycles. The summed E-state index contributed by atoms with van der Waals surface area (Å²) in [5, 5.41) is 21.9. The first kappa shape index (κ1) is 25.2. The summed E-state index contributed by atoms with van der Waals surface area (Å²) < 4.78 is 6.21. The lowest BCUT2D eigenvalue weighted by Gasteiger charge is -2.40. The minimum Gasteiger partial charge on any atom is -0.494 e. The molecule has 6 nitrogen and oxygen atoms in total. The van der Waals surface area contributed by atoms with Crippen molar-refractivity contribution in [3.05, 3.63) is 46.5 Å². The summed E-state index contributed by atoms with van der Waals surface area (Å²) in [5.74, 6) is 3.98. The fourth-order valence-corrected chi connectivity index (χ4v) is 8.17. The van der Waals surface area contributed by atoms with Crippen LogP contribution in [-0.2, 0) is 6.54 Å². The van der Waals surface area contributed by atoms with E-state index in [0.717, 1.165) is 69.1 Å². The SMILES string of the molecule is Cc1ccccc1C(=NS)N1CCN(CC2CCCCC2CCn2c(O)c3c(c2O)C2CCC3C2)CC1. The van der Waals surface area contributed by atoms with E-state index in [1.807, 2.05) is 4.57 Å². The van der Waals surface area contributed by atoms with Crippen LogP contribution in [0.1, 0.15) is 85.5 Å². The quantitative estimate of drug-likeness (QED) is 0.260. The monoisotopic (exact) mass is 522 g/mol. The van der Waals surface area contributed by atoms with E-state index in [1.165, 1.54) is 49.7 Å². The van der Waals surface area contributed by atoms with Crippen molar-refractivity contribution in [2.75, 3.05) is 32.7 Å². The van der Waals surface area contributed by atoms with E-state index in [1.54, 1.807) is 0 Å². The van der Waals surface area contributed by atoms with Gasteiger partial charge in [-0.15, -0.1) is 0 Å². The molecule has 4 atom stereocenters. The van der Waals surface area contributed by atoms with Crippen molar-refractivity contribution in [1.29, 1.82) is 0 Å². The molecule has 2 aromatic rings. The summed E-state index contributed by atoms with van der Waals surface area (Å²) in [6, 6.07) is 8.43. The van der Waals surface area contributed by atoms with Gasteiger partial charge in [-0.3, -0.25) is 9.47 Å². The zero-order valence-corrected chi connectivity index (χ0v) is 23.0. The molecule has 3 aliphatic carbocycles. The van der Waals surface area contributed by atoms with Gasteiger partial charge in [0.05, 0.1) is 0 Å². The molecule has 37 heavy (non-hydrogen) atoms. The fourth-order valence-electron chi connectivity index (χ4n) is 7.94. The smallest absolute Gasteiger partial charge is 0.197 e. The first-order valence-corrected chi connectivity index (χ1v) is 14.8. The standard InChI is InChI=1S/C30H42N4O2S/c1-20-6-2-5-9-25(20)28(31-37)33-16-14-32(15-17-33)19-24-8-4-3-7-21(24)12-13-34-29(35)26-22-10-11-23(18-22)27(26)30(34)36/h2,5-6,9,21-24,35-37H,3-4,7-8,10-19H2,1H3. The number of hydrogen-bond acceptors (Lipinski definition) is 5. The number of fused-ring (bicyclic) bond motifs is 5. The highest BCUT2D eigenvalue weighted by molar-refractivity contribution is 7.79. The summed E-state index contributed by atoms with van der Waals surface area (Å²) in [6.45, 7) is 8.08. The Morgan fingerprint density at radius 3 is 2.22 bits per heavy atom. The minimum atomic E-state index is 0.360. The average Bonchev–Trinajstić information content (AvgIpc) is 3.60. The van der Waals surface area contributed by atoms with E-state index in [4.69, 9.17) is 0 Å². The van der Waals surface area contributed by atoms with Crippen LogP contribution < -0.4 is 0 Å². The maximum atomic E-state index is 11.0. The van der Waals surface area contributed by atoms with Gasteiger partial charge in [-0.2, -0.15) is 0 Å². The number of aromatic hydroxyl groups is 2. The third-order valence-electron chi connectivity index (χ3n) is 9.97. The molecular weight excluding hydrogens is 480 g/mol. The molecule has 4 unspecified atom stereocenters. The Bertz CT molecular complexity index is 1120. The first-order valence-electron chi connectivity index (χ1n) is 14.4. The maximum absolute atomic E-state index is 11.0. The molecule has 1 aliphatic heterocycles. The fraction of sp³-hybridized carbons (Fsp3) is 0.633. The minimum absolute atomic E-state index is 0.360. The number of hydrogen-bond donors (Lipinski definition) is 3. The molecule has 1 aromatic carbocycles. The second-order valence-corrected chi connectivity index (χ2v) is 12.2. The number of nitrogens with zero attached hydrogens (tertiary/aromatic N) is 4. The number of aromatic nitrogens is 1. The number of thiol groups is 1. The maximum Gasteiger partial charge on any atom is 0.197 e. The van der Waals surface area contributed by atoms with Crippen molar-refractivity contribution in [3.63, 3.8) is 0 Å². The van der Waals surface area contributed by atoms with Crippen LogP contribution in [0.5, 0.6) is 11.8 Å². The Morgan fingerprint density at radius 2 is 1.57 bits per heavy atom. The van der Waals surface area contributed by atoms with E-state index in [9.17, 15) is 10.2 Å². The molecule has 2 saturated carbocycles. The van der Waals surface area contributed by atoms with Crippen LogP contribution in [0.2, 0.25) is 0 Å². The van der Waals surface area contributed by atoms with Crippen LogP contribution in [-0.4, -0.2) is 63.1 Å². The van der Waals surface area contributed by atoms with Gasteiger partial charge in [0.25, 0.3) is 0 Å². The number of rotatable bonds is 6. The number of benzene rings is 1. The van der Waals surface area contributed by atoms with Crippen molar-refractivity contribution >= 4 is 18.7 Å². The first-order chi connectivity index (χ1) is 18.0. The van der Waals surface area contributed by atoms with Gasteiger partial charge in [-0.25, -0.2) is 4.40 Å². The molecule has 4 aliphatic rings. The normalized spacial score (nSPS) is 28.2. The lowest BCUT2D eigenvalue weighted by molar-refractivity contribution is 0.111. The van der Waals surface area contributed by atoms with Gasteiger partial charge in [-0.05, 0) is 81.1 Å². The highest BCUT2D eigenvalue weighted by Gasteiger charge is 2.44. The van der Waals surface area contributed by atoms with Crippen molar-refractivity contribution in [2.24, 2.45) is 16.2 Å². The Labute approximate surface area is 226 Å². The van der Waals surface area contributed by atoms with E-state index >= 15 is 0 Å². The van der Waals surface area contributed by atoms with Crippen LogP contribution in [0, 0.1) is 18.8 Å². The second-order valence-electron chi connectivity index (χ2n) is 12.0. The van der Waals surface area contributed by atoms with Crippen LogP contribution in [0.3, 0.4) is 0 Å². The van der Waals surface area contributed by atoms with Crippen molar-refractivity contribution in [1.82, 2.24) is 14.4 Å². The molecular formula is C30H42N4O2S. The van der Waals surface area contributed by atoms with E-state index in [0.29, 0.717) is 35.4 Å². The van der Waals surface area contributed by atoms with Crippen LogP contribution in [0.4, 0.5) is 0 Å². The van der Waals surface area contributed by atoms with E-state index < -0.39 is 0 Å². The second kappa shape index (κ2) is 10.6. The molecule has 2 bridgehead atoms. The Hall–Kier alpha value is -2.12. The summed E-state index contributed by atoms with van der Waals surface area (Å²) in [6.07, 6.45) is 9.68. The van der Waals surface area contributed by atoms with Gasteiger partial charge in [0.15, 0.2) is 11.8 Å². The van der Waals surface area contributed by atoms with Gasteiger partial charge < -0.3 is 15.1 Å². The molecule has 6 rings (SSSR count). The highest BCUT2D eigenvalue weighted by atomic mass is 32.1. The molecule has 0 amide bonds. The molecule has 3 fully saturated rings. The van der Waals surface area contributed by atoms with Crippen molar-refractivity contribution in [3.8, 4) is 11.8 Å². The summed E-state index contributed by atoms with van der Waals surface area (Å²) in [4.78, 5) is 5.03. The lowest BCUT2D eigenvalue weighted by Crippen LogP contribution is -2.50. The molecule has 1 aromatic heterocycles. The van der Waals surface area contributed by atoms with E-state index in [-0.39, 0.29) is 0 Å². The summed E-state index contributed by atoms with van der Waals surface area (Å²) in [5.41, 5.74) is 4.55. The Kier molecular flexibility index (Phi) is 7.19. The van der Waals surface area contributed by atoms with Gasteiger partial charge >= 0.3 is 0 Å². The summed E-state index contributed by atoms with van der Waals surface area (Å²) >= 11 is 4.32. The number of amidine groups is 1. The topological polar surface area (TPSA) is 64.2 Å². The average molecular weight is 523 g/mol. The molecule has 2 heterocycles. The van der Waals surface area contributed by atoms with Gasteiger partial charge in [0, 0.05) is 56.0 Å². The van der Waals surface area contributed by atoms with Crippen molar-refractivity contribution in [2.45, 2.75) is 76.7 Å². The number of piperazine rings is 1. The van der Waals surface area contributed by atoms with Crippen LogP contribution in [0.15, 0.2) is 28.7 Å². The van der Waals surface area contributed by atoms with Gasteiger partial charge in [0.1, 0.15) is 5.84 Å². The molecule has 0 radical (unpaired) electrons. The zero-order chi connectivity index (χ0) is 25.5. The molecule has 0 spiro atoms. The van der Waals surface area contributed by atoms with Gasteiger partial charge in [0.2, 0.25) is 0 Å². The predicted octanol–water partition coefficient (Wildman–Crippen LogP) is 5.68. The predicted molar refractivity (Wildman–Crippen MR) is 152 cm³/mol. The molecule has 2 N–H and O–H groups in total. The zero-order valence-electron chi connectivity index (χ0n) is 22.1. The highest BCUT2D eigenvalue weighted by Crippen LogP contribution is 2.59. The van der Waals surface area contributed by atoms with Crippen LogP contribution in [0.25, 0.3) is 0 Å². The lowest BCUT2D eigenvalue weighted by atomic mass is 9.77.